The fraction of sp³-hybridized carbons (Fsp3) is 0.375. The van der Waals surface area contributed by atoms with Crippen LogP contribution in [0.3, 0.4) is 0 Å². The molecule has 1 unspecified atom stereocenters. The van der Waals surface area contributed by atoms with Crippen molar-refractivity contribution in [3.05, 3.63) is 59.7 Å². The summed E-state index contributed by atoms with van der Waals surface area (Å²) in [4.78, 5) is 0. The van der Waals surface area contributed by atoms with E-state index >= 15 is 0 Å². The molecule has 2 rings (SSSR count). The van der Waals surface area contributed by atoms with Gasteiger partial charge in [0.05, 0.1) is 0 Å². The van der Waals surface area contributed by atoms with Gasteiger partial charge in [0.1, 0.15) is 0 Å². The molecule has 0 aliphatic heterocycles. The molecule has 0 saturated heterocycles. The molecule has 0 heteroatoms. The van der Waals surface area contributed by atoms with Crippen LogP contribution < -0.4 is 0 Å². The third kappa shape index (κ3) is 2.44. The summed E-state index contributed by atoms with van der Waals surface area (Å²) < 4.78 is 0. The predicted octanol–water partition coefficient (Wildman–Crippen LogP) is 4.70. The Bertz CT molecular complexity index is 384. The quantitative estimate of drug-likeness (QED) is 0.681. The number of benzene rings is 1. The summed E-state index contributed by atoms with van der Waals surface area (Å²) >= 11 is 0. The molecule has 0 saturated carbocycles. The molecule has 1 aliphatic rings. The van der Waals surface area contributed by atoms with Crippen LogP contribution in [0.4, 0.5) is 0 Å². The van der Waals surface area contributed by atoms with Crippen LogP contribution in [0.15, 0.2) is 54.1 Å². The molecule has 16 heavy (non-hydrogen) atoms. The van der Waals surface area contributed by atoms with E-state index < -0.39 is 0 Å². The van der Waals surface area contributed by atoms with Crippen molar-refractivity contribution in [1.82, 2.24) is 0 Å². The first kappa shape index (κ1) is 11.2. The Morgan fingerprint density at radius 1 is 0.938 bits per heavy atom. The van der Waals surface area contributed by atoms with Gasteiger partial charge < -0.3 is 0 Å². The molecule has 0 heterocycles. The Morgan fingerprint density at radius 2 is 1.69 bits per heavy atom. The molecule has 0 spiro atoms. The molecular weight excluding hydrogens is 192 g/mol. The van der Waals surface area contributed by atoms with Crippen LogP contribution in [-0.2, 0) is 0 Å². The zero-order valence-electron chi connectivity index (χ0n) is 10.2. The Kier molecular flexibility index (Phi) is 3.61. The van der Waals surface area contributed by atoms with Crippen LogP contribution in [0.1, 0.15) is 38.2 Å². The average molecular weight is 212 g/mol. The topological polar surface area (TPSA) is 0 Å². The summed E-state index contributed by atoms with van der Waals surface area (Å²) in [5.41, 5.74) is 2.94. The maximum Gasteiger partial charge on any atom is -0.0124 e. The van der Waals surface area contributed by atoms with E-state index in [1.807, 2.05) is 0 Å². The van der Waals surface area contributed by atoms with Gasteiger partial charge >= 0.3 is 0 Å². The zero-order valence-corrected chi connectivity index (χ0v) is 10.2. The second-order valence-corrected chi connectivity index (χ2v) is 4.67. The van der Waals surface area contributed by atoms with E-state index in [4.69, 9.17) is 0 Å². The van der Waals surface area contributed by atoms with E-state index in [2.05, 4.69) is 62.4 Å². The van der Waals surface area contributed by atoms with Gasteiger partial charge in [-0.2, -0.15) is 0 Å². The lowest BCUT2D eigenvalue weighted by Gasteiger charge is -2.23. The van der Waals surface area contributed by atoms with Crippen molar-refractivity contribution >= 4 is 0 Å². The minimum Gasteiger partial charge on any atom is -0.0840 e. The monoisotopic (exact) mass is 212 g/mol. The van der Waals surface area contributed by atoms with E-state index in [1.54, 1.807) is 0 Å². The lowest BCUT2D eigenvalue weighted by Crippen LogP contribution is -2.09. The molecule has 0 fully saturated rings. The number of rotatable bonds is 3. The maximum absolute atomic E-state index is 2.39. The van der Waals surface area contributed by atoms with Gasteiger partial charge in [0.15, 0.2) is 0 Å². The second-order valence-electron chi connectivity index (χ2n) is 4.67. The SMILES string of the molecule is CC(C1=CCCC=C1)[C@H](C)c1ccccc1. The first-order valence-corrected chi connectivity index (χ1v) is 6.20. The molecule has 0 aromatic heterocycles. The fourth-order valence-corrected chi connectivity index (χ4v) is 2.31. The van der Waals surface area contributed by atoms with E-state index in [0.29, 0.717) is 11.8 Å². The van der Waals surface area contributed by atoms with Gasteiger partial charge in [-0.05, 0) is 35.8 Å². The van der Waals surface area contributed by atoms with Crippen LogP contribution in [0, 0.1) is 5.92 Å². The lowest BCUT2D eigenvalue weighted by molar-refractivity contribution is 0.566. The summed E-state index contributed by atoms with van der Waals surface area (Å²) in [6, 6.07) is 10.8. The highest BCUT2D eigenvalue weighted by molar-refractivity contribution is 5.29. The molecule has 1 aliphatic carbocycles. The molecule has 2 atom stereocenters. The molecule has 0 nitrogen and oxygen atoms in total. The van der Waals surface area contributed by atoms with Gasteiger partial charge in [0.2, 0.25) is 0 Å². The third-order valence-corrected chi connectivity index (χ3v) is 3.62. The Balaban J connectivity index is 2.13. The molecule has 0 bridgehead atoms. The Morgan fingerprint density at radius 3 is 2.31 bits per heavy atom. The summed E-state index contributed by atoms with van der Waals surface area (Å²) in [5.74, 6) is 1.20. The molecule has 1 aromatic rings. The lowest BCUT2D eigenvalue weighted by atomic mass is 9.82. The van der Waals surface area contributed by atoms with E-state index in [9.17, 15) is 0 Å². The van der Waals surface area contributed by atoms with Crippen molar-refractivity contribution < 1.29 is 0 Å². The summed E-state index contributed by atoms with van der Waals surface area (Å²) in [7, 11) is 0. The summed E-state index contributed by atoms with van der Waals surface area (Å²) in [6.07, 6.45) is 9.40. The van der Waals surface area contributed by atoms with Crippen LogP contribution in [0.25, 0.3) is 0 Å². The summed E-state index contributed by atoms with van der Waals surface area (Å²) in [5, 5.41) is 0. The largest absolute Gasteiger partial charge is 0.0840 e. The Hall–Kier alpha value is -1.30. The van der Waals surface area contributed by atoms with Crippen molar-refractivity contribution in [3.63, 3.8) is 0 Å². The minimum absolute atomic E-state index is 0.593. The first-order valence-electron chi connectivity index (χ1n) is 6.20. The van der Waals surface area contributed by atoms with Crippen LogP contribution in [-0.4, -0.2) is 0 Å². The van der Waals surface area contributed by atoms with E-state index in [1.165, 1.54) is 24.0 Å². The van der Waals surface area contributed by atoms with Gasteiger partial charge in [-0.1, -0.05) is 62.4 Å². The van der Waals surface area contributed by atoms with Crippen molar-refractivity contribution in [3.8, 4) is 0 Å². The van der Waals surface area contributed by atoms with Gasteiger partial charge in [-0.15, -0.1) is 0 Å². The van der Waals surface area contributed by atoms with Crippen molar-refractivity contribution in [2.24, 2.45) is 5.92 Å². The van der Waals surface area contributed by atoms with Crippen molar-refractivity contribution in [2.75, 3.05) is 0 Å². The van der Waals surface area contributed by atoms with Crippen molar-refractivity contribution in [1.29, 1.82) is 0 Å². The van der Waals surface area contributed by atoms with E-state index in [-0.39, 0.29) is 0 Å². The molecule has 84 valence electrons. The molecule has 1 aromatic carbocycles. The number of hydrogen-bond acceptors (Lipinski definition) is 0. The van der Waals surface area contributed by atoms with Crippen LogP contribution in [0.5, 0.6) is 0 Å². The predicted molar refractivity (Wildman–Crippen MR) is 70.5 cm³/mol. The molecular formula is C16H20. The van der Waals surface area contributed by atoms with Crippen molar-refractivity contribution in [2.45, 2.75) is 32.6 Å². The minimum atomic E-state index is 0.593. The third-order valence-electron chi connectivity index (χ3n) is 3.62. The highest BCUT2D eigenvalue weighted by Gasteiger charge is 2.17. The summed E-state index contributed by atoms with van der Waals surface area (Å²) in [6.45, 7) is 4.66. The molecule has 0 radical (unpaired) electrons. The smallest absolute Gasteiger partial charge is 0.0124 e. The average Bonchev–Trinajstić information content (AvgIpc) is 2.39. The highest BCUT2D eigenvalue weighted by Crippen LogP contribution is 2.31. The fourth-order valence-electron chi connectivity index (χ4n) is 2.31. The molecule has 0 amide bonds. The zero-order chi connectivity index (χ0) is 11.4. The molecule has 0 N–H and O–H groups in total. The van der Waals surface area contributed by atoms with Gasteiger partial charge in [0, 0.05) is 0 Å². The first-order chi connectivity index (χ1) is 7.79. The highest BCUT2D eigenvalue weighted by atomic mass is 14.2. The van der Waals surface area contributed by atoms with Gasteiger partial charge in [0.25, 0.3) is 0 Å². The van der Waals surface area contributed by atoms with Crippen LogP contribution >= 0.6 is 0 Å². The second kappa shape index (κ2) is 5.16. The van der Waals surface area contributed by atoms with Gasteiger partial charge in [-0.25, -0.2) is 0 Å². The Labute approximate surface area is 98.7 Å². The maximum atomic E-state index is 2.39. The van der Waals surface area contributed by atoms with Gasteiger partial charge in [-0.3, -0.25) is 0 Å². The van der Waals surface area contributed by atoms with E-state index in [0.717, 1.165) is 0 Å². The standard InChI is InChI=1S/C16H20/c1-13(15-9-5-3-6-10-15)14(2)16-11-7-4-8-12-16/h3,5-7,9-14H,4,8H2,1-2H3/t13-,14?/m0/s1. The normalized spacial score (nSPS) is 19.0. The van der Waals surface area contributed by atoms with Crippen LogP contribution in [0.2, 0.25) is 0 Å². The number of hydrogen-bond donors (Lipinski definition) is 0. The number of allylic oxidation sites excluding steroid dienone is 4.